The van der Waals surface area contributed by atoms with Gasteiger partial charge in [0.2, 0.25) is 11.2 Å². The van der Waals surface area contributed by atoms with Crippen molar-refractivity contribution in [2.24, 2.45) is 0 Å². The van der Waals surface area contributed by atoms with Gasteiger partial charge in [0.25, 0.3) is 5.76 Å². The second-order valence-corrected chi connectivity index (χ2v) is 6.99. The van der Waals surface area contributed by atoms with E-state index in [2.05, 4.69) is 4.57 Å². The number of aryl methyl sites for hydroxylation is 1. The van der Waals surface area contributed by atoms with E-state index in [1.165, 1.54) is 0 Å². The molecule has 0 atom stereocenters. The number of nitrogen functional groups attached to an aromatic ring is 1. The zero-order chi connectivity index (χ0) is 20.9. The minimum atomic E-state index is -1.52. The maximum Gasteiger partial charge on any atom is 0.375 e. The number of nitrogens with zero attached hydrogens (tertiary/aromatic N) is 1. The molecule has 0 amide bonds. The first-order valence-electron chi connectivity index (χ1n) is 9.22. The summed E-state index contributed by atoms with van der Waals surface area (Å²) in [5.41, 5.74) is 9.45. The van der Waals surface area contributed by atoms with Gasteiger partial charge in [-0.3, -0.25) is 4.79 Å². The number of fused-ring (bicyclic) bond motifs is 3. The lowest BCUT2D eigenvalue weighted by Gasteiger charge is -2.11. The van der Waals surface area contributed by atoms with Crippen LogP contribution in [0.4, 0.5) is 5.69 Å². The molecule has 0 spiro atoms. The molecule has 148 valence electrons. The monoisotopic (exact) mass is 392 g/mol. The number of carboxylic acids is 1. The highest BCUT2D eigenvalue weighted by atomic mass is 16.4. The second kappa shape index (κ2) is 6.70. The summed E-state index contributed by atoms with van der Waals surface area (Å²) in [4.78, 5) is 24.1. The van der Waals surface area contributed by atoms with Crippen LogP contribution in [0.1, 0.15) is 34.3 Å². The number of carboxylic acid groups (broad SMARTS) is 1. The molecule has 2 aromatic carbocycles. The van der Waals surface area contributed by atoms with E-state index in [4.69, 9.17) is 10.2 Å². The van der Waals surface area contributed by atoms with Crippen molar-refractivity contribution < 1.29 is 19.4 Å². The van der Waals surface area contributed by atoms with Crippen LogP contribution in [0.2, 0.25) is 0 Å². The van der Waals surface area contributed by atoms with Crippen LogP contribution in [0.5, 0.6) is 5.75 Å². The fourth-order valence-electron chi connectivity index (χ4n) is 3.91. The standard InChI is InChI=1S/C22H20N2O5/c1-3-13-17(23)16-14(24(13)10-12-7-5-4-6-8-12)9-11(2)15-18(25)19(26)21(22(27)28)29-20(15)16/h4-9,26H,3,10,23H2,1-2H3,(H,27,28). The number of aromatic nitrogens is 1. The number of benzene rings is 2. The summed E-state index contributed by atoms with van der Waals surface area (Å²) < 4.78 is 7.59. The highest BCUT2D eigenvalue weighted by Crippen LogP contribution is 2.37. The fraction of sp³-hybridized carbons (Fsp3) is 0.182. The molecule has 7 heteroatoms. The maximum atomic E-state index is 12.7. The van der Waals surface area contributed by atoms with Crippen molar-refractivity contribution in [3.63, 3.8) is 0 Å². The predicted molar refractivity (Wildman–Crippen MR) is 111 cm³/mol. The van der Waals surface area contributed by atoms with Crippen molar-refractivity contribution in [3.8, 4) is 5.75 Å². The van der Waals surface area contributed by atoms with Gasteiger partial charge < -0.3 is 24.9 Å². The molecule has 0 aliphatic heterocycles. The highest BCUT2D eigenvalue weighted by Gasteiger charge is 2.25. The van der Waals surface area contributed by atoms with Crippen molar-refractivity contribution in [2.75, 3.05) is 5.73 Å². The van der Waals surface area contributed by atoms with Crippen molar-refractivity contribution in [2.45, 2.75) is 26.8 Å². The number of anilines is 1. The highest BCUT2D eigenvalue weighted by molar-refractivity contribution is 6.12. The van der Waals surface area contributed by atoms with Gasteiger partial charge in [0.05, 0.1) is 22.0 Å². The Morgan fingerprint density at radius 3 is 2.52 bits per heavy atom. The molecule has 0 aliphatic rings. The molecule has 0 radical (unpaired) electrons. The fourth-order valence-corrected chi connectivity index (χ4v) is 3.91. The Balaban J connectivity index is 2.15. The lowest BCUT2D eigenvalue weighted by Crippen LogP contribution is -2.10. The molecule has 2 aromatic heterocycles. The van der Waals surface area contributed by atoms with Crippen molar-refractivity contribution in [1.29, 1.82) is 0 Å². The van der Waals surface area contributed by atoms with Crippen LogP contribution in [0.25, 0.3) is 21.9 Å². The van der Waals surface area contributed by atoms with E-state index in [1.807, 2.05) is 43.3 Å². The van der Waals surface area contributed by atoms with Crippen LogP contribution in [0.3, 0.4) is 0 Å². The topological polar surface area (TPSA) is 119 Å². The van der Waals surface area contributed by atoms with Gasteiger partial charge in [0, 0.05) is 12.2 Å². The van der Waals surface area contributed by atoms with Gasteiger partial charge in [-0.2, -0.15) is 0 Å². The molecule has 0 aliphatic carbocycles. The summed E-state index contributed by atoms with van der Waals surface area (Å²) in [6, 6.07) is 11.7. The van der Waals surface area contributed by atoms with Crippen LogP contribution in [0.15, 0.2) is 45.6 Å². The van der Waals surface area contributed by atoms with Crippen molar-refractivity contribution in [1.82, 2.24) is 4.57 Å². The van der Waals surface area contributed by atoms with Crippen LogP contribution in [-0.2, 0) is 13.0 Å². The Morgan fingerprint density at radius 1 is 1.21 bits per heavy atom. The summed E-state index contributed by atoms with van der Waals surface area (Å²) in [5, 5.41) is 20.0. The molecule has 0 fully saturated rings. The van der Waals surface area contributed by atoms with Gasteiger partial charge >= 0.3 is 5.97 Å². The molecule has 4 rings (SSSR count). The Hall–Kier alpha value is -3.74. The molecule has 0 saturated carbocycles. The van der Waals surface area contributed by atoms with Crippen LogP contribution in [0, 0.1) is 6.92 Å². The zero-order valence-electron chi connectivity index (χ0n) is 16.0. The Labute approximate surface area is 165 Å². The summed E-state index contributed by atoms with van der Waals surface area (Å²) in [6.45, 7) is 4.27. The number of nitrogens with two attached hydrogens (primary N) is 1. The van der Waals surface area contributed by atoms with Crippen LogP contribution >= 0.6 is 0 Å². The van der Waals surface area contributed by atoms with E-state index in [0.717, 1.165) is 16.8 Å². The zero-order valence-corrected chi connectivity index (χ0v) is 16.0. The Kier molecular flexibility index (Phi) is 4.30. The van der Waals surface area contributed by atoms with E-state index in [0.29, 0.717) is 29.6 Å². The predicted octanol–water partition coefficient (Wildman–Crippen LogP) is 3.65. The maximum absolute atomic E-state index is 12.7. The quantitative estimate of drug-likeness (QED) is 0.488. The molecule has 0 saturated heterocycles. The first-order chi connectivity index (χ1) is 13.8. The minimum absolute atomic E-state index is 0.0826. The average molecular weight is 392 g/mol. The first-order valence-corrected chi connectivity index (χ1v) is 9.22. The van der Waals surface area contributed by atoms with Gasteiger partial charge in [0.15, 0.2) is 5.58 Å². The summed E-state index contributed by atoms with van der Waals surface area (Å²) >= 11 is 0. The van der Waals surface area contributed by atoms with E-state index < -0.39 is 22.9 Å². The Morgan fingerprint density at radius 2 is 1.90 bits per heavy atom. The summed E-state index contributed by atoms with van der Waals surface area (Å²) in [5.74, 6) is -3.22. The third kappa shape index (κ3) is 2.74. The van der Waals surface area contributed by atoms with Crippen molar-refractivity contribution >= 4 is 33.5 Å². The lowest BCUT2D eigenvalue weighted by molar-refractivity contribution is 0.0658. The number of aromatic hydroxyl groups is 1. The third-order valence-corrected chi connectivity index (χ3v) is 5.23. The van der Waals surface area contributed by atoms with E-state index in [-0.39, 0.29) is 11.0 Å². The van der Waals surface area contributed by atoms with Crippen molar-refractivity contribution in [3.05, 3.63) is 69.2 Å². The van der Waals surface area contributed by atoms with E-state index >= 15 is 0 Å². The second-order valence-electron chi connectivity index (χ2n) is 6.99. The molecule has 29 heavy (non-hydrogen) atoms. The average Bonchev–Trinajstić information content (AvgIpc) is 2.95. The van der Waals surface area contributed by atoms with Gasteiger partial charge in [-0.15, -0.1) is 0 Å². The molecule has 2 heterocycles. The van der Waals surface area contributed by atoms with Gasteiger partial charge in [-0.1, -0.05) is 37.3 Å². The van der Waals surface area contributed by atoms with E-state index in [9.17, 15) is 19.8 Å². The molecule has 7 nitrogen and oxygen atoms in total. The molecule has 4 aromatic rings. The normalized spacial score (nSPS) is 11.4. The molecular weight excluding hydrogens is 372 g/mol. The number of carbonyl (C=O) groups is 1. The SMILES string of the molecule is CCc1c(N)c2c3oc(C(=O)O)c(O)c(=O)c3c(C)cc2n1Cc1ccccc1. The number of hydrogen-bond acceptors (Lipinski definition) is 5. The molecule has 0 unspecified atom stereocenters. The van der Waals surface area contributed by atoms with Crippen LogP contribution < -0.4 is 11.2 Å². The first kappa shape index (κ1) is 18.6. The molecular formula is C22H20N2O5. The van der Waals surface area contributed by atoms with E-state index in [1.54, 1.807) is 6.92 Å². The largest absolute Gasteiger partial charge is 0.501 e. The third-order valence-electron chi connectivity index (χ3n) is 5.23. The number of hydrogen-bond donors (Lipinski definition) is 3. The minimum Gasteiger partial charge on any atom is -0.501 e. The number of aromatic carboxylic acids is 1. The molecule has 4 N–H and O–H groups in total. The van der Waals surface area contributed by atoms with Gasteiger partial charge in [0.1, 0.15) is 0 Å². The van der Waals surface area contributed by atoms with Gasteiger partial charge in [-0.25, -0.2) is 4.79 Å². The number of rotatable bonds is 4. The van der Waals surface area contributed by atoms with Crippen LogP contribution in [-0.4, -0.2) is 20.7 Å². The molecule has 0 bridgehead atoms. The summed E-state index contributed by atoms with van der Waals surface area (Å²) in [7, 11) is 0. The summed E-state index contributed by atoms with van der Waals surface area (Å²) in [6.07, 6.45) is 0.641. The Bertz CT molecular complexity index is 1330. The smallest absolute Gasteiger partial charge is 0.375 e. The van der Waals surface area contributed by atoms with Gasteiger partial charge in [-0.05, 0) is 30.5 Å². The lowest BCUT2D eigenvalue weighted by atomic mass is 10.0.